The molecule has 0 unspecified atom stereocenters. The van der Waals surface area contributed by atoms with Crippen LogP contribution in [0.2, 0.25) is 0 Å². The largest absolute Gasteiger partial charge is 0.492 e. The Hall–Kier alpha value is -3.26. The highest BCUT2D eigenvalue weighted by Crippen LogP contribution is 2.25. The van der Waals surface area contributed by atoms with Gasteiger partial charge in [0.2, 0.25) is 5.91 Å². The van der Waals surface area contributed by atoms with Crippen LogP contribution in [-0.4, -0.2) is 33.0 Å². The Morgan fingerprint density at radius 3 is 2.64 bits per heavy atom. The second kappa shape index (κ2) is 12.7. The number of aryl methyl sites for hydroxylation is 1. The van der Waals surface area contributed by atoms with Crippen LogP contribution in [0.25, 0.3) is 0 Å². The third kappa shape index (κ3) is 7.12. The predicted octanol–water partition coefficient (Wildman–Crippen LogP) is 5.13. The zero-order valence-corrected chi connectivity index (χ0v) is 19.9. The Kier molecular flexibility index (Phi) is 9.38. The van der Waals surface area contributed by atoms with Crippen molar-refractivity contribution in [2.75, 3.05) is 17.7 Å². The van der Waals surface area contributed by atoms with Gasteiger partial charge in [-0.15, -0.1) is 16.8 Å². The normalized spacial score (nSPS) is 10.6. The molecule has 0 saturated carbocycles. The number of hydrogen-bond donors (Lipinski definition) is 1. The minimum atomic E-state index is -0.148. The summed E-state index contributed by atoms with van der Waals surface area (Å²) in [4.78, 5) is 12.5. The number of ether oxygens (including phenoxy) is 2. The number of hydrogen-bond acceptors (Lipinski definition) is 6. The van der Waals surface area contributed by atoms with Crippen molar-refractivity contribution < 1.29 is 14.3 Å². The van der Waals surface area contributed by atoms with E-state index in [-0.39, 0.29) is 18.3 Å². The Morgan fingerprint density at radius 2 is 1.91 bits per heavy atom. The fourth-order valence-electron chi connectivity index (χ4n) is 3.20. The average Bonchev–Trinajstić information content (AvgIpc) is 3.20. The fourth-order valence-corrected chi connectivity index (χ4v) is 3.97. The Balaban J connectivity index is 1.59. The molecule has 1 N–H and O–H groups in total. The average molecular weight is 467 g/mol. The smallest absolute Gasteiger partial charge is 0.234 e. The number of allylic oxidation sites excluding steroid dienone is 1. The summed E-state index contributed by atoms with van der Waals surface area (Å²) in [5, 5.41) is 12.1. The number of carbonyl (C=O) groups excluding carboxylic acids is 1. The zero-order valence-electron chi connectivity index (χ0n) is 19.1. The molecule has 1 aromatic heterocycles. The van der Waals surface area contributed by atoms with E-state index in [1.165, 1.54) is 17.3 Å². The molecule has 3 rings (SSSR count). The van der Waals surface area contributed by atoms with Crippen LogP contribution in [0.15, 0.2) is 66.3 Å². The van der Waals surface area contributed by atoms with Gasteiger partial charge in [0.15, 0.2) is 11.0 Å². The quantitative estimate of drug-likeness (QED) is 0.278. The van der Waals surface area contributed by atoms with Crippen molar-refractivity contribution in [2.45, 2.75) is 45.0 Å². The highest BCUT2D eigenvalue weighted by Gasteiger charge is 2.15. The van der Waals surface area contributed by atoms with Crippen molar-refractivity contribution in [2.24, 2.45) is 0 Å². The van der Waals surface area contributed by atoms with E-state index in [2.05, 4.69) is 41.1 Å². The number of carbonyl (C=O) groups is 1. The van der Waals surface area contributed by atoms with Crippen LogP contribution in [0.3, 0.4) is 0 Å². The summed E-state index contributed by atoms with van der Waals surface area (Å²) in [6, 6.07) is 15.5. The van der Waals surface area contributed by atoms with Crippen LogP contribution in [0.1, 0.15) is 31.7 Å². The number of anilines is 1. The molecule has 0 aliphatic carbocycles. The lowest BCUT2D eigenvalue weighted by atomic mass is 10.1. The van der Waals surface area contributed by atoms with Crippen molar-refractivity contribution in [1.29, 1.82) is 0 Å². The lowest BCUT2D eigenvalue weighted by Crippen LogP contribution is -2.15. The minimum absolute atomic E-state index is 0.148. The summed E-state index contributed by atoms with van der Waals surface area (Å²) < 4.78 is 13.4. The molecular formula is C25H30N4O3S. The first-order valence-electron chi connectivity index (χ1n) is 11.0. The van der Waals surface area contributed by atoms with Crippen molar-refractivity contribution in [3.63, 3.8) is 0 Å². The number of benzene rings is 2. The monoisotopic (exact) mass is 466 g/mol. The number of thioether (sulfide) groups is 1. The van der Waals surface area contributed by atoms with E-state index >= 15 is 0 Å². The zero-order chi connectivity index (χ0) is 23.5. The van der Waals surface area contributed by atoms with Crippen LogP contribution < -0.4 is 14.8 Å². The van der Waals surface area contributed by atoms with Crippen molar-refractivity contribution in [3.05, 3.63) is 72.6 Å². The molecule has 1 amide bonds. The molecule has 0 aliphatic heterocycles. The van der Waals surface area contributed by atoms with E-state index in [0.717, 1.165) is 18.6 Å². The number of para-hydroxylation sites is 2. The molecule has 0 spiro atoms. The van der Waals surface area contributed by atoms with Crippen LogP contribution in [-0.2, 0) is 24.4 Å². The molecule has 7 nitrogen and oxygen atoms in total. The van der Waals surface area contributed by atoms with E-state index in [9.17, 15) is 4.79 Å². The van der Waals surface area contributed by atoms with Crippen molar-refractivity contribution in [3.8, 4) is 11.5 Å². The Bertz CT molecular complexity index is 1050. The first-order valence-corrected chi connectivity index (χ1v) is 12.0. The molecule has 174 valence electrons. The van der Waals surface area contributed by atoms with E-state index < -0.39 is 0 Å². The van der Waals surface area contributed by atoms with Gasteiger partial charge in [-0.1, -0.05) is 55.4 Å². The molecule has 2 aromatic carbocycles. The van der Waals surface area contributed by atoms with E-state index in [1.807, 2.05) is 47.9 Å². The molecule has 3 aromatic rings. The lowest BCUT2D eigenvalue weighted by molar-refractivity contribution is -0.113. The molecule has 0 bridgehead atoms. The van der Waals surface area contributed by atoms with Gasteiger partial charge in [0, 0.05) is 6.54 Å². The van der Waals surface area contributed by atoms with Gasteiger partial charge in [-0.25, -0.2) is 0 Å². The maximum Gasteiger partial charge on any atom is 0.234 e. The molecular weight excluding hydrogens is 436 g/mol. The van der Waals surface area contributed by atoms with E-state index in [0.29, 0.717) is 35.6 Å². The van der Waals surface area contributed by atoms with Gasteiger partial charge in [0.1, 0.15) is 18.1 Å². The SMILES string of the molecule is C=CCn1c(COc2ccc(CCC)cc2)nnc1SCC(=O)Nc1ccccc1OCC. The van der Waals surface area contributed by atoms with E-state index in [1.54, 1.807) is 6.08 Å². The number of amides is 1. The van der Waals surface area contributed by atoms with Gasteiger partial charge in [-0.2, -0.15) is 0 Å². The highest BCUT2D eigenvalue weighted by atomic mass is 32.2. The highest BCUT2D eigenvalue weighted by molar-refractivity contribution is 7.99. The number of aromatic nitrogens is 3. The number of nitrogens with one attached hydrogen (secondary N) is 1. The molecule has 0 saturated heterocycles. The standard InChI is InChI=1S/C25H30N4O3S/c1-4-9-19-12-14-20(15-13-19)32-17-23-27-28-25(29(23)16-5-2)33-18-24(30)26-21-10-7-8-11-22(21)31-6-3/h5,7-8,10-15H,2,4,6,9,16-18H2,1,3H3,(H,26,30). The van der Waals surface area contributed by atoms with Gasteiger partial charge in [-0.05, 0) is 43.2 Å². The summed E-state index contributed by atoms with van der Waals surface area (Å²) >= 11 is 1.32. The maximum atomic E-state index is 12.5. The molecule has 33 heavy (non-hydrogen) atoms. The van der Waals surface area contributed by atoms with Crippen molar-refractivity contribution >= 4 is 23.4 Å². The van der Waals surface area contributed by atoms with Gasteiger partial charge in [0.05, 0.1) is 18.0 Å². The first-order chi connectivity index (χ1) is 16.1. The van der Waals surface area contributed by atoms with Crippen LogP contribution >= 0.6 is 11.8 Å². The number of nitrogens with zero attached hydrogens (tertiary/aromatic N) is 3. The third-order valence-corrected chi connectivity index (χ3v) is 5.70. The summed E-state index contributed by atoms with van der Waals surface area (Å²) in [5.41, 5.74) is 1.94. The molecule has 0 fully saturated rings. The summed E-state index contributed by atoms with van der Waals surface area (Å²) in [7, 11) is 0. The Morgan fingerprint density at radius 1 is 1.12 bits per heavy atom. The van der Waals surface area contributed by atoms with Crippen LogP contribution in [0.4, 0.5) is 5.69 Å². The van der Waals surface area contributed by atoms with Gasteiger partial charge in [0.25, 0.3) is 0 Å². The van der Waals surface area contributed by atoms with Gasteiger partial charge in [-0.3, -0.25) is 9.36 Å². The second-order valence-corrected chi connectivity index (χ2v) is 8.19. The summed E-state index contributed by atoms with van der Waals surface area (Å²) in [6.45, 7) is 9.22. The van der Waals surface area contributed by atoms with Crippen molar-refractivity contribution in [1.82, 2.24) is 14.8 Å². The number of rotatable bonds is 13. The van der Waals surface area contributed by atoms with Gasteiger partial charge >= 0.3 is 0 Å². The summed E-state index contributed by atoms with van der Waals surface area (Å²) in [5.74, 6) is 2.15. The first kappa shape index (κ1) is 24.4. The molecule has 0 aliphatic rings. The topological polar surface area (TPSA) is 78.3 Å². The lowest BCUT2D eigenvalue weighted by Gasteiger charge is -2.11. The van der Waals surface area contributed by atoms with Crippen LogP contribution in [0.5, 0.6) is 11.5 Å². The minimum Gasteiger partial charge on any atom is -0.492 e. The predicted molar refractivity (Wildman–Crippen MR) is 132 cm³/mol. The fraction of sp³-hybridized carbons (Fsp3) is 0.320. The van der Waals surface area contributed by atoms with Crippen LogP contribution in [0, 0.1) is 0 Å². The molecule has 8 heteroatoms. The Labute approximate surface area is 199 Å². The molecule has 0 atom stereocenters. The second-order valence-electron chi connectivity index (χ2n) is 7.25. The molecule has 1 heterocycles. The third-order valence-electron chi connectivity index (χ3n) is 4.73. The summed E-state index contributed by atoms with van der Waals surface area (Å²) in [6.07, 6.45) is 3.94. The van der Waals surface area contributed by atoms with Gasteiger partial charge < -0.3 is 14.8 Å². The maximum absolute atomic E-state index is 12.5. The van der Waals surface area contributed by atoms with E-state index in [4.69, 9.17) is 9.47 Å². The molecule has 0 radical (unpaired) electrons.